The van der Waals surface area contributed by atoms with E-state index in [4.69, 9.17) is 28.9 Å². The Hall–Kier alpha value is -0.990. The normalized spacial score (nSPS) is 12.6. The Morgan fingerprint density at radius 2 is 2.12 bits per heavy atom. The number of halogens is 3. The van der Waals surface area contributed by atoms with Crippen LogP contribution in [0.4, 0.5) is 0 Å². The van der Waals surface area contributed by atoms with Crippen LogP contribution in [0.2, 0.25) is 10.0 Å². The van der Waals surface area contributed by atoms with Gasteiger partial charge >= 0.3 is 0 Å². The molecule has 0 saturated heterocycles. The molecule has 0 aliphatic rings. The lowest BCUT2D eigenvalue weighted by atomic mass is 10.1. The lowest BCUT2D eigenvalue weighted by Crippen LogP contribution is -2.34. The molecular formula is C17H24Cl2IN5. The van der Waals surface area contributed by atoms with Crippen LogP contribution < -0.4 is 11.1 Å². The molecule has 0 spiro atoms. The average molecular weight is 496 g/mol. The quantitative estimate of drug-likeness (QED) is 0.256. The van der Waals surface area contributed by atoms with Gasteiger partial charge in [0.2, 0.25) is 0 Å². The van der Waals surface area contributed by atoms with E-state index in [-0.39, 0.29) is 30.0 Å². The van der Waals surface area contributed by atoms with Crippen LogP contribution in [0.3, 0.4) is 0 Å². The van der Waals surface area contributed by atoms with E-state index in [0.29, 0.717) is 22.5 Å². The number of rotatable bonds is 7. The number of aryl methyl sites for hydroxylation is 2. The van der Waals surface area contributed by atoms with E-state index < -0.39 is 0 Å². The van der Waals surface area contributed by atoms with Crippen LogP contribution in [0.15, 0.2) is 35.6 Å². The number of guanidine groups is 1. The Morgan fingerprint density at radius 3 is 2.76 bits per heavy atom. The molecule has 3 N–H and O–H groups in total. The fourth-order valence-electron chi connectivity index (χ4n) is 2.43. The highest BCUT2D eigenvalue weighted by Gasteiger charge is 2.10. The monoisotopic (exact) mass is 495 g/mol. The van der Waals surface area contributed by atoms with Crippen LogP contribution in [-0.2, 0) is 6.54 Å². The third-order valence-corrected chi connectivity index (χ3v) is 4.37. The first-order chi connectivity index (χ1) is 11.5. The first-order valence-electron chi connectivity index (χ1n) is 7.96. The zero-order valence-electron chi connectivity index (χ0n) is 14.4. The number of hydrogen-bond donors (Lipinski definition) is 2. The fraction of sp³-hybridized carbons (Fsp3) is 0.412. The second kappa shape index (κ2) is 10.9. The summed E-state index contributed by atoms with van der Waals surface area (Å²) in [5, 5.41) is 4.39. The third kappa shape index (κ3) is 7.03. The third-order valence-electron chi connectivity index (χ3n) is 3.81. The van der Waals surface area contributed by atoms with Gasteiger partial charge in [0, 0.05) is 35.5 Å². The molecule has 1 aromatic carbocycles. The summed E-state index contributed by atoms with van der Waals surface area (Å²) < 4.78 is 2.13. The Labute approximate surface area is 176 Å². The molecular weight excluding hydrogens is 472 g/mol. The lowest BCUT2D eigenvalue weighted by Gasteiger charge is -2.16. The van der Waals surface area contributed by atoms with E-state index in [0.717, 1.165) is 30.8 Å². The smallest absolute Gasteiger partial charge is 0.189 e. The predicted molar refractivity (Wildman–Crippen MR) is 116 cm³/mol. The lowest BCUT2D eigenvalue weighted by molar-refractivity contribution is 0.600. The van der Waals surface area contributed by atoms with Crippen molar-refractivity contribution in [2.75, 3.05) is 6.54 Å². The molecule has 0 aliphatic carbocycles. The van der Waals surface area contributed by atoms with Gasteiger partial charge in [-0.2, -0.15) is 0 Å². The zero-order valence-corrected chi connectivity index (χ0v) is 18.2. The van der Waals surface area contributed by atoms with Gasteiger partial charge in [-0.1, -0.05) is 29.3 Å². The minimum Gasteiger partial charge on any atom is -0.370 e. The number of nitrogens with one attached hydrogen (secondary N) is 1. The SMILES string of the molecule is Cc1nccn1CCCCN=C(N)NC(C)c1ccc(Cl)cc1Cl.I. The molecule has 5 nitrogen and oxygen atoms in total. The largest absolute Gasteiger partial charge is 0.370 e. The molecule has 0 radical (unpaired) electrons. The topological polar surface area (TPSA) is 68.2 Å². The number of hydrogen-bond acceptors (Lipinski definition) is 2. The van der Waals surface area contributed by atoms with Crippen molar-refractivity contribution in [2.24, 2.45) is 10.7 Å². The van der Waals surface area contributed by atoms with Crippen molar-refractivity contribution >= 4 is 53.1 Å². The van der Waals surface area contributed by atoms with Crippen LogP contribution in [0, 0.1) is 6.92 Å². The summed E-state index contributed by atoms with van der Waals surface area (Å²) in [7, 11) is 0. The molecule has 25 heavy (non-hydrogen) atoms. The molecule has 138 valence electrons. The van der Waals surface area contributed by atoms with Gasteiger partial charge in [-0.05, 0) is 44.4 Å². The molecule has 1 heterocycles. The van der Waals surface area contributed by atoms with Gasteiger partial charge < -0.3 is 15.6 Å². The second-order valence-electron chi connectivity index (χ2n) is 5.67. The molecule has 1 aromatic heterocycles. The Morgan fingerprint density at radius 1 is 1.36 bits per heavy atom. The van der Waals surface area contributed by atoms with E-state index in [1.807, 2.05) is 38.4 Å². The Bertz CT molecular complexity index is 702. The number of benzene rings is 1. The number of nitrogens with two attached hydrogens (primary N) is 1. The van der Waals surface area contributed by atoms with Crippen molar-refractivity contribution < 1.29 is 0 Å². The average Bonchev–Trinajstić information content (AvgIpc) is 2.92. The van der Waals surface area contributed by atoms with E-state index in [2.05, 4.69) is 19.9 Å². The number of imidazole rings is 1. The minimum absolute atomic E-state index is 0. The molecule has 2 rings (SSSR count). The van der Waals surface area contributed by atoms with Crippen LogP contribution in [0.5, 0.6) is 0 Å². The van der Waals surface area contributed by atoms with Crippen molar-refractivity contribution in [3.63, 3.8) is 0 Å². The summed E-state index contributed by atoms with van der Waals surface area (Å²) >= 11 is 12.1. The van der Waals surface area contributed by atoms with Crippen LogP contribution in [-0.4, -0.2) is 22.1 Å². The molecule has 2 aromatic rings. The summed E-state index contributed by atoms with van der Waals surface area (Å²) in [5.74, 6) is 1.46. The van der Waals surface area contributed by atoms with Crippen molar-refractivity contribution in [3.05, 3.63) is 52.0 Å². The molecule has 0 amide bonds. The summed E-state index contributed by atoms with van der Waals surface area (Å²) in [6.45, 7) is 5.63. The highest BCUT2D eigenvalue weighted by Crippen LogP contribution is 2.25. The number of aromatic nitrogens is 2. The van der Waals surface area contributed by atoms with E-state index in [1.165, 1.54) is 0 Å². The van der Waals surface area contributed by atoms with Gasteiger partial charge in [-0.25, -0.2) is 4.98 Å². The standard InChI is InChI=1S/C17H23Cl2N5.HI/c1-12(15-6-5-14(18)11-16(15)19)23-17(20)22-7-3-4-9-24-10-8-21-13(24)2;/h5-6,8,10-12H,3-4,7,9H2,1-2H3,(H3,20,22,23);1H. The summed E-state index contributed by atoms with van der Waals surface area (Å²) in [5.41, 5.74) is 6.89. The number of nitrogens with zero attached hydrogens (tertiary/aromatic N) is 3. The molecule has 0 saturated carbocycles. The van der Waals surface area contributed by atoms with Crippen molar-refractivity contribution in [2.45, 2.75) is 39.3 Å². The first-order valence-corrected chi connectivity index (χ1v) is 8.72. The van der Waals surface area contributed by atoms with Gasteiger partial charge in [-0.15, -0.1) is 24.0 Å². The maximum atomic E-state index is 6.20. The zero-order chi connectivity index (χ0) is 17.5. The minimum atomic E-state index is -0.0351. The van der Waals surface area contributed by atoms with Crippen molar-refractivity contribution in [1.29, 1.82) is 0 Å². The highest BCUT2D eigenvalue weighted by molar-refractivity contribution is 14.0. The van der Waals surface area contributed by atoms with Gasteiger partial charge in [0.25, 0.3) is 0 Å². The second-order valence-corrected chi connectivity index (χ2v) is 6.52. The summed E-state index contributed by atoms with van der Waals surface area (Å²) in [4.78, 5) is 8.57. The highest BCUT2D eigenvalue weighted by atomic mass is 127. The first kappa shape index (κ1) is 22.1. The van der Waals surface area contributed by atoms with Gasteiger partial charge in [0.15, 0.2) is 5.96 Å². The maximum Gasteiger partial charge on any atom is 0.189 e. The Balaban J connectivity index is 0.00000312. The Kier molecular flexibility index (Phi) is 9.60. The van der Waals surface area contributed by atoms with Gasteiger partial charge in [-0.3, -0.25) is 4.99 Å². The molecule has 1 atom stereocenters. The molecule has 8 heteroatoms. The molecule has 0 bridgehead atoms. The fourth-order valence-corrected chi connectivity index (χ4v) is 3.00. The maximum absolute atomic E-state index is 6.20. The van der Waals surface area contributed by atoms with Gasteiger partial charge in [0.05, 0.1) is 6.04 Å². The van der Waals surface area contributed by atoms with Crippen LogP contribution >= 0.6 is 47.2 Å². The van der Waals surface area contributed by atoms with E-state index in [9.17, 15) is 0 Å². The van der Waals surface area contributed by atoms with Crippen molar-refractivity contribution in [3.8, 4) is 0 Å². The molecule has 0 aliphatic heterocycles. The summed E-state index contributed by atoms with van der Waals surface area (Å²) in [6, 6.07) is 5.39. The van der Waals surface area contributed by atoms with Crippen LogP contribution in [0.25, 0.3) is 0 Å². The number of aliphatic imine (C=N–C) groups is 1. The molecule has 1 unspecified atom stereocenters. The van der Waals surface area contributed by atoms with E-state index >= 15 is 0 Å². The summed E-state index contributed by atoms with van der Waals surface area (Å²) in [6.07, 6.45) is 5.81. The van der Waals surface area contributed by atoms with Gasteiger partial charge in [0.1, 0.15) is 5.82 Å². The van der Waals surface area contributed by atoms with Crippen LogP contribution in [0.1, 0.15) is 37.2 Å². The number of unbranched alkanes of at least 4 members (excludes halogenated alkanes) is 1. The molecule has 0 fully saturated rings. The van der Waals surface area contributed by atoms with Crippen molar-refractivity contribution in [1.82, 2.24) is 14.9 Å². The van der Waals surface area contributed by atoms with E-state index in [1.54, 1.807) is 6.07 Å². The predicted octanol–water partition coefficient (Wildman–Crippen LogP) is 4.56.